The normalized spacial score (nSPS) is 39.5. The average molecular weight is 182 g/mol. The zero-order valence-corrected chi connectivity index (χ0v) is 10.3. The van der Waals surface area contributed by atoms with Crippen molar-refractivity contribution in [2.24, 2.45) is 22.7 Å². The van der Waals surface area contributed by atoms with Crippen molar-refractivity contribution < 1.29 is 0 Å². The molecule has 2 atom stereocenters. The minimum atomic E-state index is 0.566. The third-order valence-corrected chi connectivity index (χ3v) is 3.99. The van der Waals surface area contributed by atoms with Crippen LogP contribution in [0.1, 0.15) is 60.8 Å². The second-order valence-electron chi connectivity index (χ2n) is 6.66. The summed E-state index contributed by atoms with van der Waals surface area (Å²) in [5, 5.41) is 0. The van der Waals surface area contributed by atoms with Crippen molar-refractivity contribution in [1.29, 1.82) is 0 Å². The topological polar surface area (TPSA) is 0 Å². The largest absolute Gasteiger partial charge is 0.0625 e. The molecule has 0 amide bonds. The van der Waals surface area contributed by atoms with E-state index in [2.05, 4.69) is 41.5 Å². The van der Waals surface area contributed by atoms with Gasteiger partial charge in [-0.2, -0.15) is 0 Å². The van der Waals surface area contributed by atoms with E-state index in [4.69, 9.17) is 0 Å². The maximum absolute atomic E-state index is 2.48. The molecule has 1 fully saturated rings. The van der Waals surface area contributed by atoms with Crippen molar-refractivity contribution in [3.05, 3.63) is 0 Å². The summed E-state index contributed by atoms with van der Waals surface area (Å²) in [6.07, 6.45) is 4.24. The van der Waals surface area contributed by atoms with E-state index < -0.39 is 0 Å². The van der Waals surface area contributed by atoms with Crippen LogP contribution in [0.3, 0.4) is 0 Å². The lowest BCUT2D eigenvalue weighted by atomic mass is 9.57. The molecule has 0 heteroatoms. The molecule has 0 nitrogen and oxygen atoms in total. The van der Waals surface area contributed by atoms with Gasteiger partial charge in [0.15, 0.2) is 0 Å². The number of hydrogen-bond donors (Lipinski definition) is 0. The van der Waals surface area contributed by atoms with Gasteiger partial charge in [-0.15, -0.1) is 0 Å². The van der Waals surface area contributed by atoms with Gasteiger partial charge in [0, 0.05) is 0 Å². The molecule has 0 spiro atoms. The highest BCUT2D eigenvalue weighted by atomic mass is 14.5. The quantitative estimate of drug-likeness (QED) is 0.560. The van der Waals surface area contributed by atoms with Crippen LogP contribution in [-0.2, 0) is 0 Å². The maximum Gasteiger partial charge on any atom is -0.0295 e. The first kappa shape index (κ1) is 11.1. The van der Waals surface area contributed by atoms with E-state index in [-0.39, 0.29) is 0 Å². The Balaban J connectivity index is 2.78. The molecule has 0 aromatic heterocycles. The summed E-state index contributed by atoms with van der Waals surface area (Å²) in [6, 6.07) is 0. The fraction of sp³-hybridized carbons (Fsp3) is 1.00. The van der Waals surface area contributed by atoms with E-state index >= 15 is 0 Å². The highest BCUT2D eigenvalue weighted by Gasteiger charge is 2.41. The Hall–Kier alpha value is 0. The van der Waals surface area contributed by atoms with Gasteiger partial charge >= 0.3 is 0 Å². The van der Waals surface area contributed by atoms with Crippen LogP contribution in [0.25, 0.3) is 0 Å². The molecule has 1 aliphatic carbocycles. The van der Waals surface area contributed by atoms with Crippen molar-refractivity contribution in [1.82, 2.24) is 0 Å². The van der Waals surface area contributed by atoms with Crippen LogP contribution in [0.2, 0.25) is 0 Å². The van der Waals surface area contributed by atoms with E-state index in [0.717, 1.165) is 11.8 Å². The molecule has 0 radical (unpaired) electrons. The molecule has 13 heavy (non-hydrogen) atoms. The second kappa shape index (κ2) is 3.29. The Labute approximate surface area is 84.1 Å². The molecule has 0 N–H and O–H groups in total. The summed E-state index contributed by atoms with van der Waals surface area (Å²) in [7, 11) is 0. The Morgan fingerprint density at radius 3 is 2.00 bits per heavy atom. The van der Waals surface area contributed by atoms with E-state index in [9.17, 15) is 0 Å². The Morgan fingerprint density at radius 1 is 1.08 bits per heavy atom. The second-order valence-corrected chi connectivity index (χ2v) is 6.66. The monoisotopic (exact) mass is 182 g/mol. The first-order valence-electron chi connectivity index (χ1n) is 5.75. The summed E-state index contributed by atoms with van der Waals surface area (Å²) in [6.45, 7) is 14.5. The Kier molecular flexibility index (Phi) is 2.81. The number of hydrogen-bond acceptors (Lipinski definition) is 0. The van der Waals surface area contributed by atoms with E-state index in [1.165, 1.54) is 19.3 Å². The first-order chi connectivity index (χ1) is 5.75. The van der Waals surface area contributed by atoms with Gasteiger partial charge in [0.1, 0.15) is 0 Å². The predicted molar refractivity (Wildman–Crippen MR) is 59.7 cm³/mol. The molecule has 1 rings (SSSR count). The highest BCUT2D eigenvalue weighted by molar-refractivity contribution is 4.91. The SMILES string of the molecule is CC(C)[C@@]1(C)C[C@H](C)CC(C)(C)C1. The highest BCUT2D eigenvalue weighted by Crippen LogP contribution is 2.51. The first-order valence-corrected chi connectivity index (χ1v) is 5.75. The maximum atomic E-state index is 2.48. The third-order valence-electron chi connectivity index (χ3n) is 3.99. The van der Waals surface area contributed by atoms with Crippen molar-refractivity contribution in [2.45, 2.75) is 60.8 Å². The molecule has 0 aliphatic heterocycles. The smallest absolute Gasteiger partial charge is 0.0295 e. The van der Waals surface area contributed by atoms with Gasteiger partial charge < -0.3 is 0 Å². The molecule has 1 saturated carbocycles. The minimum absolute atomic E-state index is 0.566. The van der Waals surface area contributed by atoms with Crippen LogP contribution in [-0.4, -0.2) is 0 Å². The summed E-state index contributed by atoms with van der Waals surface area (Å²) in [4.78, 5) is 0. The van der Waals surface area contributed by atoms with Gasteiger partial charge in [-0.3, -0.25) is 0 Å². The van der Waals surface area contributed by atoms with Gasteiger partial charge in [-0.25, -0.2) is 0 Å². The summed E-state index contributed by atoms with van der Waals surface area (Å²) in [5.41, 5.74) is 1.15. The molecule has 1 aliphatic rings. The van der Waals surface area contributed by atoms with Crippen LogP contribution in [0.15, 0.2) is 0 Å². The van der Waals surface area contributed by atoms with E-state index in [0.29, 0.717) is 10.8 Å². The average Bonchev–Trinajstić information content (AvgIpc) is 1.79. The van der Waals surface area contributed by atoms with E-state index in [1.54, 1.807) is 0 Å². The molecule has 0 aromatic carbocycles. The van der Waals surface area contributed by atoms with E-state index in [1.807, 2.05) is 0 Å². The van der Waals surface area contributed by atoms with Crippen LogP contribution >= 0.6 is 0 Å². The third kappa shape index (κ3) is 2.48. The van der Waals surface area contributed by atoms with Gasteiger partial charge in [-0.1, -0.05) is 41.5 Å². The lowest BCUT2D eigenvalue weighted by molar-refractivity contribution is 0.0253. The molecule has 78 valence electrons. The lowest BCUT2D eigenvalue weighted by Crippen LogP contribution is -2.38. The summed E-state index contributed by atoms with van der Waals surface area (Å²) in [5.74, 6) is 1.74. The lowest BCUT2D eigenvalue weighted by Gasteiger charge is -2.48. The number of rotatable bonds is 1. The zero-order valence-electron chi connectivity index (χ0n) is 10.3. The minimum Gasteiger partial charge on any atom is -0.0625 e. The Morgan fingerprint density at radius 2 is 1.62 bits per heavy atom. The van der Waals surface area contributed by atoms with Crippen molar-refractivity contribution >= 4 is 0 Å². The van der Waals surface area contributed by atoms with Crippen LogP contribution in [0, 0.1) is 22.7 Å². The molecule has 0 unspecified atom stereocenters. The fourth-order valence-corrected chi connectivity index (χ4v) is 3.49. The zero-order chi connectivity index (χ0) is 10.3. The van der Waals surface area contributed by atoms with Crippen molar-refractivity contribution in [2.75, 3.05) is 0 Å². The Bertz CT molecular complexity index is 178. The van der Waals surface area contributed by atoms with Gasteiger partial charge in [0.2, 0.25) is 0 Å². The van der Waals surface area contributed by atoms with Gasteiger partial charge in [-0.05, 0) is 41.9 Å². The molecule has 0 saturated heterocycles. The van der Waals surface area contributed by atoms with Gasteiger partial charge in [0.05, 0.1) is 0 Å². The molecule has 0 heterocycles. The molecular weight excluding hydrogens is 156 g/mol. The molecular formula is C13H26. The van der Waals surface area contributed by atoms with Crippen LogP contribution in [0.4, 0.5) is 0 Å². The predicted octanol–water partition coefficient (Wildman–Crippen LogP) is 4.49. The summed E-state index contributed by atoms with van der Waals surface area (Å²) >= 11 is 0. The molecule has 0 aromatic rings. The van der Waals surface area contributed by atoms with Crippen molar-refractivity contribution in [3.63, 3.8) is 0 Å². The standard InChI is InChI=1S/C13H26/c1-10(2)13(6)8-11(3)7-12(4,5)9-13/h10-11H,7-9H2,1-6H3/t11-,13+/m1/s1. The molecule has 0 bridgehead atoms. The van der Waals surface area contributed by atoms with Crippen LogP contribution < -0.4 is 0 Å². The fourth-order valence-electron chi connectivity index (χ4n) is 3.49. The van der Waals surface area contributed by atoms with Crippen LogP contribution in [0.5, 0.6) is 0 Å². The van der Waals surface area contributed by atoms with Crippen molar-refractivity contribution in [3.8, 4) is 0 Å². The summed E-state index contributed by atoms with van der Waals surface area (Å²) < 4.78 is 0. The van der Waals surface area contributed by atoms with Gasteiger partial charge in [0.25, 0.3) is 0 Å².